The average molecular weight is 427 g/mol. The summed E-state index contributed by atoms with van der Waals surface area (Å²) in [6.07, 6.45) is 3.65. The lowest BCUT2D eigenvalue weighted by molar-refractivity contribution is 0.506. The molecule has 0 radical (unpaired) electrons. The third kappa shape index (κ3) is 6.64. The molecule has 1 atom stereocenters. The molecule has 0 fully saturated rings. The molecule has 0 saturated heterocycles. The monoisotopic (exact) mass is 427 g/mol. The van der Waals surface area contributed by atoms with Crippen molar-refractivity contribution in [3.05, 3.63) is 60.1 Å². The molecule has 0 aliphatic rings. The first-order chi connectivity index (χ1) is 10.8. The minimum absolute atomic E-state index is 0. The highest BCUT2D eigenvalue weighted by Gasteiger charge is 2.09. The molecule has 0 aliphatic heterocycles. The zero-order chi connectivity index (χ0) is 15.6. The van der Waals surface area contributed by atoms with E-state index in [1.165, 1.54) is 5.56 Å². The summed E-state index contributed by atoms with van der Waals surface area (Å²) < 4.78 is 5.32. The highest BCUT2D eigenvalue weighted by molar-refractivity contribution is 14.0. The van der Waals surface area contributed by atoms with E-state index in [1.54, 1.807) is 13.3 Å². The Kier molecular flexibility index (Phi) is 9.43. The number of guanidine groups is 1. The SMILES string of the molecule is CCC(CNC(=NC)NCCc1ccco1)c1ccccc1.I. The van der Waals surface area contributed by atoms with Crippen molar-refractivity contribution < 1.29 is 4.42 Å². The van der Waals surface area contributed by atoms with Gasteiger partial charge >= 0.3 is 0 Å². The fraction of sp³-hybridized carbons (Fsp3) is 0.389. The molecule has 0 spiro atoms. The van der Waals surface area contributed by atoms with E-state index >= 15 is 0 Å². The minimum atomic E-state index is 0. The van der Waals surface area contributed by atoms with Crippen molar-refractivity contribution in [3.8, 4) is 0 Å². The van der Waals surface area contributed by atoms with Crippen LogP contribution in [0.25, 0.3) is 0 Å². The van der Waals surface area contributed by atoms with Gasteiger partial charge in [0.2, 0.25) is 0 Å². The summed E-state index contributed by atoms with van der Waals surface area (Å²) in [6, 6.07) is 14.5. The van der Waals surface area contributed by atoms with Crippen LogP contribution in [0.4, 0.5) is 0 Å². The van der Waals surface area contributed by atoms with Crippen molar-refractivity contribution in [2.75, 3.05) is 20.1 Å². The molecule has 5 heteroatoms. The fourth-order valence-electron chi connectivity index (χ4n) is 2.42. The van der Waals surface area contributed by atoms with Gasteiger partial charge in [0.05, 0.1) is 6.26 Å². The van der Waals surface area contributed by atoms with Crippen molar-refractivity contribution in [1.29, 1.82) is 0 Å². The number of nitrogens with one attached hydrogen (secondary N) is 2. The predicted octanol–water partition coefficient (Wildman–Crippen LogP) is 3.80. The van der Waals surface area contributed by atoms with Crippen LogP contribution in [-0.4, -0.2) is 26.1 Å². The van der Waals surface area contributed by atoms with Crippen LogP contribution in [-0.2, 0) is 6.42 Å². The summed E-state index contributed by atoms with van der Waals surface area (Å²) >= 11 is 0. The molecule has 2 aromatic rings. The van der Waals surface area contributed by atoms with Crippen LogP contribution in [0.1, 0.15) is 30.6 Å². The number of rotatable bonds is 7. The molecule has 0 amide bonds. The van der Waals surface area contributed by atoms with Gasteiger partial charge in [-0.15, -0.1) is 24.0 Å². The second kappa shape index (κ2) is 11.1. The molecule has 1 aromatic heterocycles. The van der Waals surface area contributed by atoms with Gasteiger partial charge in [-0.3, -0.25) is 4.99 Å². The number of nitrogens with zero attached hydrogens (tertiary/aromatic N) is 1. The molecule has 1 aromatic carbocycles. The number of hydrogen-bond donors (Lipinski definition) is 2. The third-order valence-electron chi connectivity index (χ3n) is 3.75. The molecule has 0 saturated carbocycles. The summed E-state index contributed by atoms with van der Waals surface area (Å²) in [6.45, 7) is 3.89. The molecule has 2 rings (SSSR count). The summed E-state index contributed by atoms with van der Waals surface area (Å²) in [5.74, 6) is 2.31. The molecule has 2 N–H and O–H groups in total. The van der Waals surface area contributed by atoms with E-state index in [0.717, 1.165) is 37.7 Å². The molecular formula is C18H26IN3O. The third-order valence-corrected chi connectivity index (χ3v) is 3.75. The van der Waals surface area contributed by atoms with Gasteiger partial charge in [0.15, 0.2) is 5.96 Å². The van der Waals surface area contributed by atoms with Gasteiger partial charge < -0.3 is 15.1 Å². The van der Waals surface area contributed by atoms with E-state index in [4.69, 9.17) is 4.42 Å². The van der Waals surface area contributed by atoms with Crippen molar-refractivity contribution in [2.24, 2.45) is 4.99 Å². The summed E-state index contributed by atoms with van der Waals surface area (Å²) in [5.41, 5.74) is 1.36. The van der Waals surface area contributed by atoms with Gasteiger partial charge in [0, 0.05) is 32.5 Å². The highest BCUT2D eigenvalue weighted by atomic mass is 127. The van der Waals surface area contributed by atoms with E-state index in [-0.39, 0.29) is 24.0 Å². The van der Waals surface area contributed by atoms with E-state index in [1.807, 2.05) is 12.1 Å². The van der Waals surface area contributed by atoms with Crippen LogP contribution in [0, 0.1) is 0 Å². The molecule has 1 heterocycles. The highest BCUT2D eigenvalue weighted by Crippen LogP contribution is 2.17. The molecular weight excluding hydrogens is 401 g/mol. The zero-order valence-corrected chi connectivity index (χ0v) is 16.1. The Morgan fingerprint density at radius 1 is 1.13 bits per heavy atom. The van der Waals surface area contributed by atoms with Crippen molar-refractivity contribution in [2.45, 2.75) is 25.7 Å². The summed E-state index contributed by atoms with van der Waals surface area (Å²) in [5, 5.41) is 6.72. The van der Waals surface area contributed by atoms with Crippen LogP contribution in [0.15, 0.2) is 58.1 Å². The zero-order valence-electron chi connectivity index (χ0n) is 13.8. The van der Waals surface area contributed by atoms with Crippen LogP contribution in [0.5, 0.6) is 0 Å². The average Bonchev–Trinajstić information content (AvgIpc) is 3.08. The minimum Gasteiger partial charge on any atom is -0.469 e. The van der Waals surface area contributed by atoms with Gasteiger partial charge in [-0.05, 0) is 24.1 Å². The Morgan fingerprint density at radius 2 is 1.91 bits per heavy atom. The Balaban J connectivity index is 0.00000264. The van der Waals surface area contributed by atoms with Crippen LogP contribution in [0.2, 0.25) is 0 Å². The van der Waals surface area contributed by atoms with Crippen molar-refractivity contribution in [3.63, 3.8) is 0 Å². The fourth-order valence-corrected chi connectivity index (χ4v) is 2.42. The lowest BCUT2D eigenvalue weighted by Gasteiger charge is -2.18. The van der Waals surface area contributed by atoms with Gasteiger partial charge in [-0.25, -0.2) is 0 Å². The van der Waals surface area contributed by atoms with Gasteiger partial charge in [-0.1, -0.05) is 37.3 Å². The van der Waals surface area contributed by atoms with Gasteiger partial charge in [-0.2, -0.15) is 0 Å². The van der Waals surface area contributed by atoms with E-state index in [9.17, 15) is 0 Å². The Labute approximate surface area is 155 Å². The largest absolute Gasteiger partial charge is 0.469 e. The number of halogens is 1. The first-order valence-electron chi connectivity index (χ1n) is 7.85. The molecule has 23 heavy (non-hydrogen) atoms. The van der Waals surface area contributed by atoms with Gasteiger partial charge in [0.25, 0.3) is 0 Å². The van der Waals surface area contributed by atoms with E-state index < -0.39 is 0 Å². The molecule has 0 aliphatic carbocycles. The smallest absolute Gasteiger partial charge is 0.191 e. The number of hydrogen-bond acceptors (Lipinski definition) is 2. The molecule has 126 valence electrons. The topological polar surface area (TPSA) is 49.6 Å². The van der Waals surface area contributed by atoms with Gasteiger partial charge in [0.1, 0.15) is 5.76 Å². The first-order valence-corrected chi connectivity index (χ1v) is 7.85. The molecule has 1 unspecified atom stereocenters. The Bertz CT molecular complexity index is 555. The van der Waals surface area contributed by atoms with Crippen molar-refractivity contribution in [1.82, 2.24) is 10.6 Å². The van der Waals surface area contributed by atoms with Crippen molar-refractivity contribution >= 4 is 29.9 Å². The molecule has 4 nitrogen and oxygen atoms in total. The first kappa shape index (κ1) is 19.5. The standard InChI is InChI=1S/C18H25N3O.HI/c1-3-15(16-8-5-4-6-9-16)14-21-18(19-2)20-12-11-17-10-7-13-22-17;/h4-10,13,15H,3,11-12,14H2,1-2H3,(H2,19,20,21);1H. The Morgan fingerprint density at radius 3 is 2.52 bits per heavy atom. The van der Waals surface area contributed by atoms with E-state index in [2.05, 4.69) is 52.9 Å². The maximum atomic E-state index is 5.32. The number of aliphatic imine (C=N–C) groups is 1. The maximum Gasteiger partial charge on any atom is 0.191 e. The Hall–Kier alpha value is -1.50. The second-order valence-corrected chi connectivity index (χ2v) is 5.23. The number of furan rings is 1. The second-order valence-electron chi connectivity index (χ2n) is 5.23. The molecule has 0 bridgehead atoms. The lowest BCUT2D eigenvalue weighted by Crippen LogP contribution is -2.40. The lowest BCUT2D eigenvalue weighted by atomic mass is 9.97. The normalized spacial score (nSPS) is 12.3. The van der Waals surface area contributed by atoms with Crippen LogP contribution < -0.4 is 10.6 Å². The number of benzene rings is 1. The van der Waals surface area contributed by atoms with Crippen LogP contribution in [0.3, 0.4) is 0 Å². The van der Waals surface area contributed by atoms with E-state index in [0.29, 0.717) is 5.92 Å². The summed E-state index contributed by atoms with van der Waals surface area (Å²) in [4.78, 5) is 4.27. The predicted molar refractivity (Wildman–Crippen MR) is 107 cm³/mol. The maximum absolute atomic E-state index is 5.32. The quantitative estimate of drug-likeness (QED) is 0.402. The van der Waals surface area contributed by atoms with Crippen LogP contribution >= 0.6 is 24.0 Å². The summed E-state index contributed by atoms with van der Waals surface area (Å²) in [7, 11) is 1.80.